The molecule has 0 atom stereocenters. The summed E-state index contributed by atoms with van der Waals surface area (Å²) < 4.78 is 64.2. The number of nitrogens with zero attached hydrogens (tertiary/aromatic N) is 1. The number of halogens is 3. The molecule has 2 aliphatic rings. The van der Waals surface area contributed by atoms with Crippen molar-refractivity contribution in [2.45, 2.75) is 19.3 Å². The van der Waals surface area contributed by atoms with Gasteiger partial charge >= 0.3 is 6.18 Å². The molecule has 178 valence electrons. The highest BCUT2D eigenvalue weighted by atomic mass is 19.4. The predicted octanol–water partition coefficient (Wildman–Crippen LogP) is 5.56. The zero-order valence-electron chi connectivity index (χ0n) is 18.2. The van der Waals surface area contributed by atoms with Gasteiger partial charge in [-0.1, -0.05) is 36.4 Å². The molecule has 0 bridgehead atoms. The molecule has 0 saturated heterocycles. The zero-order chi connectivity index (χ0) is 24.2. The van der Waals surface area contributed by atoms with Crippen LogP contribution in [0.15, 0.2) is 69.9 Å². The van der Waals surface area contributed by atoms with E-state index in [1.807, 2.05) is 23.1 Å². The smallest absolute Gasteiger partial charge is 0.450 e. The van der Waals surface area contributed by atoms with E-state index in [0.29, 0.717) is 29.4 Å². The minimum absolute atomic E-state index is 0.0733. The van der Waals surface area contributed by atoms with Crippen LogP contribution in [0.3, 0.4) is 0 Å². The first-order valence-electron chi connectivity index (χ1n) is 10.9. The van der Waals surface area contributed by atoms with E-state index >= 15 is 0 Å². The molecule has 0 spiro atoms. The second-order valence-electron chi connectivity index (χ2n) is 8.37. The van der Waals surface area contributed by atoms with Crippen LogP contribution >= 0.6 is 0 Å². The first kappa shape index (κ1) is 21.5. The standard InChI is InChI=1S/C26H18F3NO5/c27-26(28,29)25-22(16-4-2-1-3-5-16)23(31)17-7-9-19-18(24(17)35-25)12-30(13-32-19)11-15-6-8-20-21(10-15)34-14-33-20/h1-10H,11-14H2. The third-order valence-corrected chi connectivity index (χ3v) is 6.07. The lowest BCUT2D eigenvalue weighted by Crippen LogP contribution is -2.32. The van der Waals surface area contributed by atoms with Gasteiger partial charge in [0, 0.05) is 13.1 Å². The number of alkyl halides is 3. The number of benzene rings is 3. The summed E-state index contributed by atoms with van der Waals surface area (Å²) in [5.74, 6) is 0.377. The van der Waals surface area contributed by atoms with Crippen LogP contribution in [-0.4, -0.2) is 18.4 Å². The Morgan fingerprint density at radius 2 is 1.66 bits per heavy atom. The normalized spacial score (nSPS) is 15.2. The van der Waals surface area contributed by atoms with Crippen LogP contribution in [0.25, 0.3) is 22.1 Å². The maximum absolute atomic E-state index is 14.1. The first-order chi connectivity index (χ1) is 16.9. The molecule has 0 fully saturated rings. The van der Waals surface area contributed by atoms with Gasteiger partial charge in [-0.2, -0.15) is 13.2 Å². The quantitative estimate of drug-likeness (QED) is 0.382. The number of ether oxygens (including phenoxy) is 3. The number of fused-ring (bicyclic) bond motifs is 4. The van der Waals surface area contributed by atoms with Gasteiger partial charge in [-0.05, 0) is 35.4 Å². The Kier molecular flexibility index (Phi) is 4.96. The molecule has 0 aliphatic carbocycles. The second-order valence-corrected chi connectivity index (χ2v) is 8.37. The van der Waals surface area contributed by atoms with Crippen molar-refractivity contribution in [1.82, 2.24) is 4.90 Å². The van der Waals surface area contributed by atoms with Crippen molar-refractivity contribution in [3.63, 3.8) is 0 Å². The molecule has 0 saturated carbocycles. The Labute approximate surface area is 197 Å². The molecular weight excluding hydrogens is 463 g/mol. The molecule has 35 heavy (non-hydrogen) atoms. The Morgan fingerprint density at radius 3 is 2.46 bits per heavy atom. The molecule has 9 heteroatoms. The molecule has 3 heterocycles. The monoisotopic (exact) mass is 481 g/mol. The number of rotatable bonds is 3. The topological polar surface area (TPSA) is 61.1 Å². The molecule has 0 N–H and O–H groups in total. The van der Waals surface area contributed by atoms with Crippen LogP contribution in [0.1, 0.15) is 16.9 Å². The summed E-state index contributed by atoms with van der Waals surface area (Å²) in [6, 6.07) is 16.4. The molecule has 1 aromatic heterocycles. The summed E-state index contributed by atoms with van der Waals surface area (Å²) in [6.07, 6.45) is -4.86. The van der Waals surface area contributed by atoms with Gasteiger partial charge in [-0.25, -0.2) is 0 Å². The molecule has 0 unspecified atom stereocenters. The molecule has 4 aromatic rings. The Morgan fingerprint density at radius 1 is 0.886 bits per heavy atom. The van der Waals surface area contributed by atoms with Crippen LogP contribution in [0.4, 0.5) is 13.2 Å². The lowest BCUT2D eigenvalue weighted by atomic mass is 10.00. The van der Waals surface area contributed by atoms with Gasteiger partial charge in [0.1, 0.15) is 18.1 Å². The van der Waals surface area contributed by atoms with Crippen molar-refractivity contribution in [1.29, 1.82) is 0 Å². The van der Waals surface area contributed by atoms with Gasteiger partial charge in [0.05, 0.1) is 16.5 Å². The van der Waals surface area contributed by atoms with Crippen molar-refractivity contribution in [2.75, 3.05) is 13.5 Å². The molecule has 3 aromatic carbocycles. The summed E-state index contributed by atoms with van der Waals surface area (Å²) in [4.78, 5) is 15.2. The summed E-state index contributed by atoms with van der Waals surface area (Å²) in [5, 5.41) is 0.0733. The van der Waals surface area contributed by atoms with Gasteiger partial charge in [0.2, 0.25) is 18.0 Å². The van der Waals surface area contributed by atoms with E-state index in [1.54, 1.807) is 24.3 Å². The van der Waals surface area contributed by atoms with Crippen LogP contribution in [0.2, 0.25) is 0 Å². The highest BCUT2D eigenvalue weighted by Crippen LogP contribution is 2.40. The molecular formula is C26H18F3NO5. The van der Waals surface area contributed by atoms with Crippen LogP contribution < -0.4 is 19.6 Å². The Bertz CT molecular complexity index is 1500. The summed E-state index contributed by atoms with van der Waals surface area (Å²) in [6.45, 7) is 1.08. The third-order valence-electron chi connectivity index (χ3n) is 6.07. The van der Waals surface area contributed by atoms with Crippen LogP contribution in [0, 0.1) is 0 Å². The van der Waals surface area contributed by atoms with Crippen LogP contribution in [-0.2, 0) is 19.3 Å². The molecule has 6 nitrogen and oxygen atoms in total. The highest BCUT2D eigenvalue weighted by molar-refractivity contribution is 5.87. The molecule has 0 radical (unpaired) electrons. The van der Waals surface area contributed by atoms with E-state index in [1.165, 1.54) is 18.2 Å². The summed E-state index contributed by atoms with van der Waals surface area (Å²) >= 11 is 0. The molecule has 2 aliphatic heterocycles. The van der Waals surface area contributed by atoms with Gasteiger partial charge in [-0.15, -0.1) is 0 Å². The average molecular weight is 481 g/mol. The minimum atomic E-state index is -4.86. The van der Waals surface area contributed by atoms with E-state index in [-0.39, 0.29) is 36.6 Å². The van der Waals surface area contributed by atoms with Gasteiger partial charge in [0.15, 0.2) is 11.5 Å². The zero-order valence-corrected chi connectivity index (χ0v) is 18.2. The average Bonchev–Trinajstić information content (AvgIpc) is 3.32. The predicted molar refractivity (Wildman–Crippen MR) is 120 cm³/mol. The van der Waals surface area contributed by atoms with Crippen molar-refractivity contribution < 1.29 is 31.8 Å². The van der Waals surface area contributed by atoms with E-state index in [4.69, 9.17) is 18.6 Å². The molecule has 6 rings (SSSR count). The van der Waals surface area contributed by atoms with Crippen molar-refractivity contribution in [2.24, 2.45) is 0 Å². The van der Waals surface area contributed by atoms with Crippen molar-refractivity contribution in [3.8, 4) is 28.4 Å². The fourth-order valence-electron chi connectivity index (χ4n) is 4.48. The van der Waals surface area contributed by atoms with Gasteiger partial charge in [-0.3, -0.25) is 9.69 Å². The fraction of sp³-hybridized carbons (Fsp3) is 0.192. The lowest BCUT2D eigenvalue weighted by molar-refractivity contribution is -0.152. The largest absolute Gasteiger partial charge is 0.478 e. The Hall–Kier alpha value is -3.98. The SMILES string of the molecule is O=c1c(-c2ccccc2)c(C(F)(F)F)oc2c3c(ccc12)OCN(Cc1ccc2c(c1)OCO2)C3. The van der Waals surface area contributed by atoms with Gasteiger partial charge in [0.25, 0.3) is 0 Å². The first-order valence-corrected chi connectivity index (χ1v) is 10.9. The lowest BCUT2D eigenvalue weighted by Gasteiger charge is -2.29. The highest BCUT2D eigenvalue weighted by Gasteiger charge is 2.40. The van der Waals surface area contributed by atoms with E-state index in [9.17, 15) is 18.0 Å². The summed E-state index contributed by atoms with van der Waals surface area (Å²) in [5.41, 5.74) is 0.116. The van der Waals surface area contributed by atoms with Crippen LogP contribution in [0.5, 0.6) is 17.2 Å². The van der Waals surface area contributed by atoms with Crippen molar-refractivity contribution in [3.05, 3.63) is 87.8 Å². The van der Waals surface area contributed by atoms with Crippen molar-refractivity contribution >= 4 is 11.0 Å². The minimum Gasteiger partial charge on any atom is -0.478 e. The van der Waals surface area contributed by atoms with E-state index in [0.717, 1.165) is 5.56 Å². The third kappa shape index (κ3) is 3.77. The Balaban J connectivity index is 1.43. The maximum Gasteiger partial charge on any atom is 0.450 e. The fourth-order valence-corrected chi connectivity index (χ4v) is 4.48. The molecule has 0 amide bonds. The number of hydrogen-bond acceptors (Lipinski definition) is 6. The van der Waals surface area contributed by atoms with E-state index in [2.05, 4.69) is 0 Å². The van der Waals surface area contributed by atoms with Gasteiger partial charge < -0.3 is 18.6 Å². The van der Waals surface area contributed by atoms with E-state index < -0.39 is 22.9 Å². The maximum atomic E-state index is 14.1. The summed E-state index contributed by atoms with van der Waals surface area (Å²) in [7, 11) is 0. The second kappa shape index (κ2) is 8.06. The number of hydrogen-bond donors (Lipinski definition) is 0.